The van der Waals surface area contributed by atoms with Gasteiger partial charge in [-0.25, -0.2) is 0 Å². The van der Waals surface area contributed by atoms with Gasteiger partial charge in [-0.2, -0.15) is 0 Å². The zero-order valence-electron chi connectivity index (χ0n) is 8.57. The number of aromatic hydroxyl groups is 1. The van der Waals surface area contributed by atoms with E-state index in [1.165, 1.54) is 13.2 Å². The maximum atomic E-state index is 11.4. The van der Waals surface area contributed by atoms with Crippen molar-refractivity contribution in [2.24, 2.45) is 0 Å². The molecule has 0 aliphatic carbocycles. The molecule has 0 bridgehead atoms. The van der Waals surface area contributed by atoms with Gasteiger partial charge in [0.25, 0.3) is 0 Å². The van der Waals surface area contributed by atoms with E-state index in [1.54, 1.807) is 12.1 Å². The first-order valence-corrected chi connectivity index (χ1v) is 4.47. The van der Waals surface area contributed by atoms with Crippen molar-refractivity contribution in [3.63, 3.8) is 0 Å². The minimum atomic E-state index is -0.407. The van der Waals surface area contributed by atoms with Crippen LogP contribution in [0.2, 0.25) is 0 Å². The summed E-state index contributed by atoms with van der Waals surface area (Å²) in [5.41, 5.74) is 0.476. The Morgan fingerprint density at radius 1 is 1.36 bits per heavy atom. The molecule has 1 rings (SSSR count). The van der Waals surface area contributed by atoms with E-state index >= 15 is 0 Å². The maximum Gasteiger partial charge on any atom is 0.224 e. The standard InChI is InChI=1S/C11H14O3/c1-7(2)8-4-5-10(14-3)11(13)9(12)6-8/h4-7H,1-3H3,(H,12,13). The predicted molar refractivity (Wildman–Crippen MR) is 55.0 cm³/mol. The molecule has 0 amide bonds. The van der Waals surface area contributed by atoms with E-state index in [0.717, 1.165) is 5.56 Å². The molecule has 76 valence electrons. The number of hydrogen-bond acceptors (Lipinski definition) is 3. The molecule has 0 aliphatic heterocycles. The number of rotatable bonds is 2. The smallest absolute Gasteiger partial charge is 0.224 e. The van der Waals surface area contributed by atoms with Crippen LogP contribution < -0.4 is 10.2 Å². The third-order valence-corrected chi connectivity index (χ3v) is 2.08. The molecule has 1 aromatic rings. The summed E-state index contributed by atoms with van der Waals surface area (Å²) in [6.07, 6.45) is 0. The van der Waals surface area contributed by atoms with Crippen LogP contribution in [-0.4, -0.2) is 12.2 Å². The Labute approximate surface area is 83.0 Å². The number of methoxy groups -OCH3 is 1. The fraction of sp³-hybridized carbons (Fsp3) is 0.364. The fourth-order valence-electron chi connectivity index (χ4n) is 1.16. The zero-order valence-corrected chi connectivity index (χ0v) is 8.57. The van der Waals surface area contributed by atoms with Crippen molar-refractivity contribution in [2.75, 3.05) is 7.11 Å². The summed E-state index contributed by atoms with van der Waals surface area (Å²) in [4.78, 5) is 11.4. The van der Waals surface area contributed by atoms with Crippen molar-refractivity contribution in [2.45, 2.75) is 19.8 Å². The first kappa shape index (κ1) is 10.6. The molecule has 14 heavy (non-hydrogen) atoms. The Bertz CT molecular complexity index is 383. The van der Waals surface area contributed by atoms with E-state index in [9.17, 15) is 9.90 Å². The van der Waals surface area contributed by atoms with Gasteiger partial charge in [0, 0.05) is 0 Å². The van der Waals surface area contributed by atoms with Gasteiger partial charge in [0.15, 0.2) is 5.75 Å². The van der Waals surface area contributed by atoms with Crippen LogP contribution in [-0.2, 0) is 0 Å². The molecule has 0 aromatic heterocycles. The summed E-state index contributed by atoms with van der Waals surface area (Å²) < 4.78 is 4.87. The summed E-state index contributed by atoms with van der Waals surface area (Å²) in [5, 5.41) is 9.43. The summed E-state index contributed by atoms with van der Waals surface area (Å²) in [6.45, 7) is 3.97. The van der Waals surface area contributed by atoms with Gasteiger partial charge in [-0.15, -0.1) is 0 Å². The van der Waals surface area contributed by atoms with Gasteiger partial charge in [0.2, 0.25) is 11.2 Å². The molecular formula is C11H14O3. The largest absolute Gasteiger partial charge is 0.502 e. The molecule has 0 unspecified atom stereocenters. The molecule has 1 N–H and O–H groups in total. The summed E-state index contributed by atoms with van der Waals surface area (Å²) in [7, 11) is 1.42. The Hall–Kier alpha value is -1.51. The average Bonchev–Trinajstić information content (AvgIpc) is 2.28. The van der Waals surface area contributed by atoms with Crippen molar-refractivity contribution in [3.8, 4) is 11.5 Å². The first-order valence-electron chi connectivity index (χ1n) is 4.47. The van der Waals surface area contributed by atoms with Gasteiger partial charge in [-0.3, -0.25) is 4.79 Å². The van der Waals surface area contributed by atoms with Crippen molar-refractivity contribution in [1.82, 2.24) is 0 Å². The lowest BCUT2D eigenvalue weighted by Gasteiger charge is -1.99. The van der Waals surface area contributed by atoms with E-state index < -0.39 is 5.43 Å². The van der Waals surface area contributed by atoms with Gasteiger partial charge in [0.05, 0.1) is 7.11 Å². The Kier molecular flexibility index (Phi) is 3.12. The molecule has 0 aliphatic rings. The molecule has 0 saturated carbocycles. The highest BCUT2D eigenvalue weighted by Crippen LogP contribution is 2.21. The number of hydrogen-bond donors (Lipinski definition) is 1. The van der Waals surface area contributed by atoms with Crippen molar-refractivity contribution >= 4 is 0 Å². The maximum absolute atomic E-state index is 11.4. The third kappa shape index (κ3) is 2.05. The van der Waals surface area contributed by atoms with Gasteiger partial charge in [0.1, 0.15) is 0 Å². The summed E-state index contributed by atoms with van der Waals surface area (Å²) in [6, 6.07) is 4.82. The average molecular weight is 194 g/mol. The van der Waals surface area contributed by atoms with Crippen LogP contribution in [0.4, 0.5) is 0 Å². The molecule has 0 radical (unpaired) electrons. The fourth-order valence-corrected chi connectivity index (χ4v) is 1.16. The molecule has 0 heterocycles. The Morgan fingerprint density at radius 2 is 2.00 bits per heavy atom. The molecule has 3 heteroatoms. The Balaban J connectivity index is 3.41. The van der Waals surface area contributed by atoms with Crippen molar-refractivity contribution in [1.29, 1.82) is 0 Å². The lowest BCUT2D eigenvalue weighted by atomic mass is 10.1. The van der Waals surface area contributed by atoms with Crippen molar-refractivity contribution in [3.05, 3.63) is 34.0 Å². The van der Waals surface area contributed by atoms with Gasteiger partial charge in [-0.05, 0) is 23.6 Å². The lowest BCUT2D eigenvalue weighted by Crippen LogP contribution is -1.97. The van der Waals surface area contributed by atoms with E-state index in [-0.39, 0.29) is 17.4 Å². The normalized spacial score (nSPS) is 10.3. The van der Waals surface area contributed by atoms with Crippen LogP contribution in [0.25, 0.3) is 0 Å². The van der Waals surface area contributed by atoms with Crippen LogP contribution in [0.3, 0.4) is 0 Å². The molecule has 0 atom stereocenters. The van der Waals surface area contributed by atoms with Gasteiger partial charge < -0.3 is 9.84 Å². The highest BCUT2D eigenvalue weighted by molar-refractivity contribution is 5.39. The third-order valence-electron chi connectivity index (χ3n) is 2.08. The Morgan fingerprint density at radius 3 is 2.50 bits per heavy atom. The zero-order chi connectivity index (χ0) is 10.7. The second kappa shape index (κ2) is 4.13. The topological polar surface area (TPSA) is 46.5 Å². The van der Waals surface area contributed by atoms with E-state index in [1.807, 2.05) is 13.8 Å². The highest BCUT2D eigenvalue weighted by atomic mass is 16.5. The lowest BCUT2D eigenvalue weighted by molar-refractivity contribution is 0.372. The van der Waals surface area contributed by atoms with Crippen molar-refractivity contribution < 1.29 is 9.84 Å². The second-order valence-corrected chi connectivity index (χ2v) is 3.41. The van der Waals surface area contributed by atoms with Crippen LogP contribution in [0.15, 0.2) is 23.0 Å². The van der Waals surface area contributed by atoms with Gasteiger partial charge >= 0.3 is 0 Å². The minimum Gasteiger partial charge on any atom is -0.502 e. The molecule has 0 saturated heterocycles. The van der Waals surface area contributed by atoms with Gasteiger partial charge in [-0.1, -0.05) is 19.9 Å². The minimum absolute atomic E-state index is 0.210. The first-order chi connectivity index (χ1) is 6.56. The molecule has 3 nitrogen and oxygen atoms in total. The summed E-state index contributed by atoms with van der Waals surface area (Å²) in [5.74, 6) is 0.125. The van der Waals surface area contributed by atoms with Crippen LogP contribution >= 0.6 is 0 Å². The van der Waals surface area contributed by atoms with E-state index in [2.05, 4.69) is 0 Å². The predicted octanol–water partition coefficient (Wildman–Crippen LogP) is 1.88. The highest BCUT2D eigenvalue weighted by Gasteiger charge is 2.06. The molecule has 0 spiro atoms. The van der Waals surface area contributed by atoms with Crippen LogP contribution in [0.1, 0.15) is 25.3 Å². The summed E-state index contributed by atoms with van der Waals surface area (Å²) >= 11 is 0. The molecule has 0 fully saturated rings. The van der Waals surface area contributed by atoms with Crippen LogP contribution in [0, 0.1) is 0 Å². The van der Waals surface area contributed by atoms with E-state index in [4.69, 9.17) is 4.74 Å². The number of ether oxygens (including phenoxy) is 1. The SMILES string of the molecule is COc1ccc(C(C)C)cc(=O)c1O. The van der Waals surface area contributed by atoms with Crippen LogP contribution in [0.5, 0.6) is 11.5 Å². The molecule has 1 aromatic carbocycles. The quantitative estimate of drug-likeness (QED) is 0.782. The molecular weight excluding hydrogens is 180 g/mol. The second-order valence-electron chi connectivity index (χ2n) is 3.41. The monoisotopic (exact) mass is 194 g/mol. The van der Waals surface area contributed by atoms with E-state index in [0.29, 0.717) is 0 Å².